The SMILES string of the molecule is CC(C)[C@H](NC(=O)OC(C)(C)C)C(=O)N1CC[C@@H](Sc2ncc(B3OC(C)(C)C(C)(C)O3)cn2)C1. The minimum atomic E-state index is -0.635. The third kappa shape index (κ3) is 6.89. The number of carbonyl (C=O) groups is 2. The Morgan fingerprint density at radius 3 is 2.26 bits per heavy atom. The third-order valence-corrected chi connectivity index (χ3v) is 7.65. The molecule has 3 rings (SSSR count). The number of nitrogens with one attached hydrogen (secondary N) is 1. The number of hydrogen-bond donors (Lipinski definition) is 1. The lowest BCUT2D eigenvalue weighted by Gasteiger charge is -2.32. The second-order valence-electron chi connectivity index (χ2n) is 11.6. The Hall–Kier alpha value is -1.85. The molecule has 2 fully saturated rings. The molecule has 0 aliphatic carbocycles. The third-order valence-electron chi connectivity index (χ3n) is 6.51. The van der Waals surface area contributed by atoms with Crippen LogP contribution in [0, 0.1) is 5.92 Å². The lowest BCUT2D eigenvalue weighted by Crippen LogP contribution is -2.51. The second-order valence-corrected chi connectivity index (χ2v) is 12.8. The lowest BCUT2D eigenvalue weighted by molar-refractivity contribution is -0.133. The molecule has 0 radical (unpaired) electrons. The Kier molecular flexibility index (Phi) is 8.13. The van der Waals surface area contributed by atoms with Crippen molar-refractivity contribution in [3.63, 3.8) is 0 Å². The monoisotopic (exact) mass is 506 g/mol. The highest BCUT2D eigenvalue weighted by molar-refractivity contribution is 7.99. The number of rotatable bonds is 6. The van der Waals surface area contributed by atoms with Crippen LogP contribution in [-0.4, -0.2) is 75.2 Å². The van der Waals surface area contributed by atoms with E-state index in [9.17, 15) is 9.59 Å². The van der Waals surface area contributed by atoms with Crippen molar-refractivity contribution in [3.8, 4) is 0 Å². The second kappa shape index (κ2) is 10.3. The molecule has 2 aliphatic heterocycles. The standard InChI is InChI=1S/C24H39BN4O5S/c1-15(2)18(28-21(31)32-22(3,4)5)19(30)29-11-10-17(14-29)35-20-26-12-16(13-27-20)25-33-23(6,7)24(8,9)34-25/h12-13,15,17-18H,10-11,14H2,1-9H3,(H,28,31)/t17-,18+/m1/s1. The summed E-state index contributed by atoms with van der Waals surface area (Å²) in [5.41, 5.74) is -0.680. The van der Waals surface area contributed by atoms with E-state index in [2.05, 4.69) is 15.3 Å². The highest BCUT2D eigenvalue weighted by Crippen LogP contribution is 2.36. The number of alkyl carbamates (subject to hydrolysis) is 1. The fourth-order valence-corrected chi connectivity index (χ4v) is 4.81. The molecule has 3 heterocycles. The van der Waals surface area contributed by atoms with Gasteiger partial charge >= 0.3 is 13.2 Å². The molecular weight excluding hydrogens is 467 g/mol. The van der Waals surface area contributed by atoms with Gasteiger partial charge in [-0.1, -0.05) is 25.6 Å². The van der Waals surface area contributed by atoms with Gasteiger partial charge in [0.1, 0.15) is 11.6 Å². The number of aromatic nitrogens is 2. The van der Waals surface area contributed by atoms with Crippen LogP contribution in [0.5, 0.6) is 0 Å². The number of hydrogen-bond acceptors (Lipinski definition) is 8. The average molecular weight is 506 g/mol. The van der Waals surface area contributed by atoms with Gasteiger partial charge in [-0.25, -0.2) is 14.8 Å². The predicted molar refractivity (Wildman–Crippen MR) is 137 cm³/mol. The van der Waals surface area contributed by atoms with Crippen LogP contribution in [0.1, 0.15) is 68.7 Å². The van der Waals surface area contributed by atoms with Crippen molar-refractivity contribution < 1.29 is 23.6 Å². The quantitative estimate of drug-likeness (QED) is 0.464. The Balaban J connectivity index is 1.55. The summed E-state index contributed by atoms with van der Waals surface area (Å²) in [6.45, 7) is 18.5. The molecule has 1 aromatic rings. The van der Waals surface area contributed by atoms with Crippen LogP contribution in [0.25, 0.3) is 0 Å². The molecule has 11 heteroatoms. The molecular formula is C24H39BN4O5S. The first-order chi connectivity index (χ1) is 16.1. The zero-order valence-corrected chi connectivity index (χ0v) is 23.2. The van der Waals surface area contributed by atoms with Crippen LogP contribution in [0.4, 0.5) is 4.79 Å². The van der Waals surface area contributed by atoms with Gasteiger partial charge in [-0.2, -0.15) is 0 Å². The van der Waals surface area contributed by atoms with Crippen LogP contribution in [0.15, 0.2) is 17.6 Å². The van der Waals surface area contributed by atoms with E-state index in [1.807, 2.05) is 41.5 Å². The molecule has 1 N–H and O–H groups in total. The van der Waals surface area contributed by atoms with Crippen LogP contribution in [-0.2, 0) is 18.8 Å². The molecule has 35 heavy (non-hydrogen) atoms. The fourth-order valence-electron chi connectivity index (χ4n) is 3.81. The zero-order valence-electron chi connectivity index (χ0n) is 22.4. The van der Waals surface area contributed by atoms with Gasteiger partial charge in [0.15, 0.2) is 5.16 Å². The number of thioether (sulfide) groups is 1. The summed E-state index contributed by atoms with van der Waals surface area (Å²) in [5.74, 6) is -0.154. The summed E-state index contributed by atoms with van der Waals surface area (Å²) in [7, 11) is -0.496. The Morgan fingerprint density at radius 2 is 1.74 bits per heavy atom. The zero-order chi connectivity index (χ0) is 26.2. The molecule has 0 unspecified atom stereocenters. The number of ether oxygens (including phenoxy) is 1. The van der Waals surface area contributed by atoms with Gasteiger partial charge in [0, 0.05) is 36.2 Å². The summed E-state index contributed by atoms with van der Waals surface area (Å²) in [4.78, 5) is 36.2. The van der Waals surface area contributed by atoms with Gasteiger partial charge in [-0.15, -0.1) is 0 Å². The van der Waals surface area contributed by atoms with E-state index >= 15 is 0 Å². The Labute approximate surface area is 213 Å². The van der Waals surface area contributed by atoms with Gasteiger partial charge in [0.25, 0.3) is 0 Å². The van der Waals surface area contributed by atoms with Gasteiger partial charge < -0.3 is 24.3 Å². The molecule has 2 saturated heterocycles. The molecule has 0 spiro atoms. The van der Waals surface area contributed by atoms with E-state index in [-0.39, 0.29) is 17.1 Å². The van der Waals surface area contributed by atoms with Crippen molar-refractivity contribution in [2.45, 2.75) is 102 Å². The number of carbonyl (C=O) groups excluding carboxylic acids is 2. The maximum absolute atomic E-state index is 13.2. The number of nitrogens with zero attached hydrogens (tertiary/aromatic N) is 3. The molecule has 0 bridgehead atoms. The van der Waals surface area contributed by atoms with Crippen LogP contribution in [0.2, 0.25) is 0 Å². The van der Waals surface area contributed by atoms with E-state index in [4.69, 9.17) is 14.0 Å². The lowest BCUT2D eigenvalue weighted by atomic mass is 9.81. The maximum atomic E-state index is 13.2. The summed E-state index contributed by atoms with van der Waals surface area (Å²) in [5, 5.41) is 3.58. The van der Waals surface area contributed by atoms with E-state index in [1.54, 1.807) is 49.8 Å². The van der Waals surface area contributed by atoms with Gasteiger partial charge in [-0.05, 0) is 60.8 Å². The summed E-state index contributed by atoms with van der Waals surface area (Å²) in [6.07, 6.45) is 3.74. The van der Waals surface area contributed by atoms with Crippen LogP contribution < -0.4 is 10.8 Å². The molecule has 1 aromatic heterocycles. The summed E-state index contributed by atoms with van der Waals surface area (Å²) < 4.78 is 17.5. The first kappa shape index (κ1) is 27.7. The molecule has 2 aliphatic rings. The van der Waals surface area contributed by atoms with Crippen molar-refractivity contribution in [3.05, 3.63) is 12.4 Å². The molecule has 9 nitrogen and oxygen atoms in total. The summed E-state index contributed by atoms with van der Waals surface area (Å²) in [6, 6.07) is -0.635. The van der Waals surface area contributed by atoms with E-state index in [0.29, 0.717) is 18.2 Å². The van der Waals surface area contributed by atoms with Crippen LogP contribution in [0.3, 0.4) is 0 Å². The minimum Gasteiger partial charge on any atom is -0.444 e. The number of amides is 2. The Morgan fingerprint density at radius 1 is 1.17 bits per heavy atom. The van der Waals surface area contributed by atoms with E-state index in [0.717, 1.165) is 11.9 Å². The van der Waals surface area contributed by atoms with Gasteiger partial charge in [0.2, 0.25) is 5.91 Å². The minimum absolute atomic E-state index is 0.0624. The van der Waals surface area contributed by atoms with E-state index < -0.39 is 36.1 Å². The van der Waals surface area contributed by atoms with Crippen molar-refractivity contribution in [2.75, 3.05) is 13.1 Å². The van der Waals surface area contributed by atoms with E-state index in [1.165, 1.54) is 0 Å². The first-order valence-electron chi connectivity index (χ1n) is 12.2. The predicted octanol–water partition coefficient (Wildman–Crippen LogP) is 3.02. The van der Waals surface area contributed by atoms with Crippen molar-refractivity contribution in [2.24, 2.45) is 5.92 Å². The average Bonchev–Trinajstić information content (AvgIpc) is 3.26. The highest BCUT2D eigenvalue weighted by atomic mass is 32.2. The van der Waals surface area contributed by atoms with Crippen molar-refractivity contribution in [1.29, 1.82) is 0 Å². The maximum Gasteiger partial charge on any atom is 0.498 e. The number of likely N-dealkylation sites (tertiary alicyclic amines) is 1. The normalized spacial score (nSPS) is 22.4. The molecule has 2 atom stereocenters. The Bertz CT molecular complexity index is 903. The molecule has 194 valence electrons. The highest BCUT2D eigenvalue weighted by Gasteiger charge is 2.52. The smallest absolute Gasteiger partial charge is 0.444 e. The van der Waals surface area contributed by atoms with Crippen LogP contribution >= 0.6 is 11.8 Å². The fraction of sp³-hybridized carbons (Fsp3) is 0.750. The molecule has 0 saturated carbocycles. The van der Waals surface area contributed by atoms with Crippen molar-refractivity contribution >= 4 is 36.3 Å². The first-order valence-corrected chi connectivity index (χ1v) is 13.1. The van der Waals surface area contributed by atoms with Gasteiger partial charge in [0.05, 0.1) is 11.2 Å². The largest absolute Gasteiger partial charge is 0.498 e. The van der Waals surface area contributed by atoms with Crippen molar-refractivity contribution in [1.82, 2.24) is 20.2 Å². The molecule has 2 amide bonds. The molecule has 0 aromatic carbocycles. The summed E-state index contributed by atoms with van der Waals surface area (Å²) >= 11 is 1.56. The van der Waals surface area contributed by atoms with Gasteiger partial charge in [-0.3, -0.25) is 4.79 Å². The topological polar surface area (TPSA) is 103 Å².